The van der Waals surface area contributed by atoms with Gasteiger partial charge in [0.2, 0.25) is 0 Å². The highest BCUT2D eigenvalue weighted by atomic mass is 35.5. The summed E-state index contributed by atoms with van der Waals surface area (Å²) >= 11 is 6.00. The Balaban J connectivity index is 2.20. The SMILES string of the molecule is Cc1nccnc1C(C)Nc1ccc(C#N)c(Cl)c1. The van der Waals surface area contributed by atoms with Crippen molar-refractivity contribution in [3.63, 3.8) is 0 Å². The van der Waals surface area contributed by atoms with Gasteiger partial charge in [0.1, 0.15) is 6.07 Å². The van der Waals surface area contributed by atoms with Crippen LogP contribution in [-0.2, 0) is 0 Å². The molecule has 2 rings (SSSR count). The molecule has 5 heteroatoms. The largest absolute Gasteiger partial charge is 0.377 e. The van der Waals surface area contributed by atoms with Gasteiger partial charge in [0.15, 0.2) is 0 Å². The molecule has 0 aliphatic heterocycles. The average molecular weight is 273 g/mol. The highest BCUT2D eigenvalue weighted by Gasteiger charge is 2.11. The van der Waals surface area contributed by atoms with E-state index in [1.165, 1.54) is 0 Å². The highest BCUT2D eigenvalue weighted by Crippen LogP contribution is 2.24. The first kappa shape index (κ1) is 13.3. The summed E-state index contributed by atoms with van der Waals surface area (Å²) in [5, 5.41) is 12.6. The molecular formula is C14H13ClN4. The smallest absolute Gasteiger partial charge is 0.101 e. The molecule has 1 N–H and O–H groups in total. The van der Waals surface area contributed by atoms with Crippen molar-refractivity contribution in [2.75, 3.05) is 5.32 Å². The van der Waals surface area contributed by atoms with Gasteiger partial charge in [-0.3, -0.25) is 9.97 Å². The van der Waals surface area contributed by atoms with Crippen LogP contribution in [0, 0.1) is 18.3 Å². The summed E-state index contributed by atoms with van der Waals surface area (Å²) in [6, 6.07) is 7.31. The molecule has 0 saturated carbocycles. The lowest BCUT2D eigenvalue weighted by Crippen LogP contribution is -2.11. The van der Waals surface area contributed by atoms with Gasteiger partial charge in [0, 0.05) is 18.1 Å². The third kappa shape index (κ3) is 3.01. The van der Waals surface area contributed by atoms with E-state index in [2.05, 4.69) is 15.3 Å². The van der Waals surface area contributed by atoms with Crippen LogP contribution >= 0.6 is 11.6 Å². The summed E-state index contributed by atoms with van der Waals surface area (Å²) in [6.45, 7) is 3.93. The van der Waals surface area contributed by atoms with Gasteiger partial charge in [-0.15, -0.1) is 0 Å². The molecule has 1 heterocycles. The quantitative estimate of drug-likeness (QED) is 0.929. The monoisotopic (exact) mass is 272 g/mol. The maximum atomic E-state index is 8.83. The van der Waals surface area contributed by atoms with Crippen LogP contribution in [0.4, 0.5) is 5.69 Å². The fraction of sp³-hybridized carbons (Fsp3) is 0.214. The number of nitrogens with one attached hydrogen (secondary N) is 1. The number of rotatable bonds is 3. The zero-order valence-corrected chi connectivity index (χ0v) is 11.4. The molecule has 1 aromatic heterocycles. The van der Waals surface area contributed by atoms with E-state index in [1.54, 1.807) is 24.5 Å². The molecule has 0 amide bonds. The Bertz CT molecular complexity index is 634. The molecule has 0 aliphatic carbocycles. The van der Waals surface area contributed by atoms with Crippen LogP contribution < -0.4 is 5.32 Å². The number of nitriles is 1. The Hall–Kier alpha value is -2.12. The van der Waals surface area contributed by atoms with Crippen molar-refractivity contribution >= 4 is 17.3 Å². The van der Waals surface area contributed by atoms with Crippen LogP contribution in [-0.4, -0.2) is 9.97 Å². The zero-order chi connectivity index (χ0) is 13.8. The Morgan fingerprint density at radius 2 is 2.05 bits per heavy atom. The van der Waals surface area contributed by atoms with Crippen molar-refractivity contribution < 1.29 is 0 Å². The molecule has 0 radical (unpaired) electrons. The van der Waals surface area contributed by atoms with E-state index in [0.717, 1.165) is 17.1 Å². The number of aromatic nitrogens is 2. The number of halogens is 1. The summed E-state index contributed by atoms with van der Waals surface area (Å²) in [6.07, 6.45) is 3.34. The first-order valence-electron chi connectivity index (χ1n) is 5.85. The third-order valence-electron chi connectivity index (χ3n) is 2.80. The maximum Gasteiger partial charge on any atom is 0.101 e. The first-order valence-corrected chi connectivity index (χ1v) is 6.23. The van der Waals surface area contributed by atoms with E-state index in [0.29, 0.717) is 10.6 Å². The summed E-state index contributed by atoms with van der Waals surface area (Å²) in [4.78, 5) is 8.54. The molecule has 4 nitrogen and oxygen atoms in total. The Labute approximate surface area is 117 Å². The van der Waals surface area contributed by atoms with Gasteiger partial charge in [0.25, 0.3) is 0 Å². The molecule has 19 heavy (non-hydrogen) atoms. The minimum absolute atomic E-state index is 0.0118. The van der Waals surface area contributed by atoms with Gasteiger partial charge in [-0.1, -0.05) is 11.6 Å². The lowest BCUT2D eigenvalue weighted by molar-refractivity contribution is 0.810. The predicted molar refractivity (Wildman–Crippen MR) is 75.0 cm³/mol. The Kier molecular flexibility index (Phi) is 3.98. The van der Waals surface area contributed by atoms with Crippen molar-refractivity contribution in [2.45, 2.75) is 19.9 Å². The summed E-state index contributed by atoms with van der Waals surface area (Å²) < 4.78 is 0. The van der Waals surface area contributed by atoms with Crippen LogP contribution in [0.2, 0.25) is 5.02 Å². The molecule has 1 atom stereocenters. The summed E-state index contributed by atoms with van der Waals surface area (Å²) in [5.74, 6) is 0. The standard InChI is InChI=1S/C14H13ClN4/c1-9-14(18-6-5-17-9)10(2)19-12-4-3-11(8-16)13(15)7-12/h3-7,10,19H,1-2H3. The number of aryl methyl sites for hydroxylation is 1. The van der Waals surface area contributed by atoms with Crippen LogP contribution in [0.5, 0.6) is 0 Å². The Morgan fingerprint density at radius 1 is 1.32 bits per heavy atom. The van der Waals surface area contributed by atoms with Crippen LogP contribution in [0.3, 0.4) is 0 Å². The molecule has 0 fully saturated rings. The molecule has 1 aromatic carbocycles. The van der Waals surface area contributed by atoms with E-state index >= 15 is 0 Å². The van der Waals surface area contributed by atoms with E-state index in [9.17, 15) is 0 Å². The van der Waals surface area contributed by atoms with Crippen LogP contribution in [0.25, 0.3) is 0 Å². The second kappa shape index (κ2) is 5.68. The number of hydrogen-bond donors (Lipinski definition) is 1. The van der Waals surface area contributed by atoms with Crippen molar-refractivity contribution in [1.82, 2.24) is 9.97 Å². The third-order valence-corrected chi connectivity index (χ3v) is 3.11. The van der Waals surface area contributed by atoms with Crippen molar-refractivity contribution in [3.05, 3.63) is 52.6 Å². The Morgan fingerprint density at radius 3 is 2.68 bits per heavy atom. The fourth-order valence-electron chi connectivity index (χ4n) is 1.86. The molecule has 1 unspecified atom stereocenters. The predicted octanol–water partition coefficient (Wildman–Crippen LogP) is 3.48. The molecule has 0 aliphatic rings. The second-order valence-corrected chi connectivity index (χ2v) is 4.61. The number of nitrogens with zero attached hydrogens (tertiary/aromatic N) is 3. The lowest BCUT2D eigenvalue weighted by Gasteiger charge is -2.16. The van der Waals surface area contributed by atoms with Gasteiger partial charge >= 0.3 is 0 Å². The minimum atomic E-state index is 0.0118. The van der Waals surface area contributed by atoms with Crippen molar-refractivity contribution in [1.29, 1.82) is 5.26 Å². The van der Waals surface area contributed by atoms with E-state index in [-0.39, 0.29) is 6.04 Å². The van der Waals surface area contributed by atoms with Crippen molar-refractivity contribution in [2.24, 2.45) is 0 Å². The molecule has 0 saturated heterocycles. The molecule has 2 aromatic rings. The molecular weight excluding hydrogens is 260 g/mol. The van der Waals surface area contributed by atoms with E-state index in [4.69, 9.17) is 16.9 Å². The number of benzene rings is 1. The van der Waals surface area contributed by atoms with Gasteiger partial charge < -0.3 is 5.32 Å². The van der Waals surface area contributed by atoms with E-state index < -0.39 is 0 Å². The summed E-state index contributed by atoms with van der Waals surface area (Å²) in [7, 11) is 0. The van der Waals surface area contributed by atoms with Gasteiger partial charge in [-0.25, -0.2) is 0 Å². The average Bonchev–Trinajstić information content (AvgIpc) is 2.39. The van der Waals surface area contributed by atoms with Gasteiger partial charge in [0.05, 0.1) is 28.0 Å². The fourth-order valence-corrected chi connectivity index (χ4v) is 2.08. The summed E-state index contributed by atoms with van der Waals surface area (Å²) in [5.41, 5.74) is 3.10. The zero-order valence-electron chi connectivity index (χ0n) is 10.7. The maximum absolute atomic E-state index is 8.83. The first-order chi connectivity index (χ1) is 9.11. The topological polar surface area (TPSA) is 61.6 Å². The van der Waals surface area contributed by atoms with Crippen molar-refractivity contribution in [3.8, 4) is 6.07 Å². The minimum Gasteiger partial charge on any atom is -0.377 e. The molecule has 0 spiro atoms. The van der Waals surface area contributed by atoms with Gasteiger partial charge in [-0.05, 0) is 32.0 Å². The highest BCUT2D eigenvalue weighted by molar-refractivity contribution is 6.32. The van der Waals surface area contributed by atoms with Gasteiger partial charge in [-0.2, -0.15) is 5.26 Å². The number of anilines is 1. The normalized spacial score (nSPS) is 11.7. The van der Waals surface area contributed by atoms with Crippen LogP contribution in [0.15, 0.2) is 30.6 Å². The number of hydrogen-bond acceptors (Lipinski definition) is 4. The molecule has 0 bridgehead atoms. The second-order valence-electron chi connectivity index (χ2n) is 4.20. The van der Waals surface area contributed by atoms with E-state index in [1.807, 2.05) is 26.0 Å². The lowest BCUT2D eigenvalue weighted by atomic mass is 10.1. The van der Waals surface area contributed by atoms with Crippen LogP contribution in [0.1, 0.15) is 29.9 Å². The molecule has 96 valence electrons.